The van der Waals surface area contributed by atoms with E-state index in [-0.39, 0.29) is 0 Å². The molecule has 0 amide bonds. The van der Waals surface area contributed by atoms with Crippen LogP contribution in [0, 0.1) is 0 Å². The summed E-state index contributed by atoms with van der Waals surface area (Å²) in [4.78, 5) is 9.33. The van der Waals surface area contributed by atoms with E-state index in [1.807, 2.05) is 24.3 Å². The van der Waals surface area contributed by atoms with Crippen molar-refractivity contribution in [3.63, 3.8) is 0 Å². The molecule has 0 bridgehead atoms. The summed E-state index contributed by atoms with van der Waals surface area (Å²) in [7, 11) is -1.47. The molecule has 0 unspecified atom stereocenters. The lowest BCUT2D eigenvalue weighted by atomic mass is 9.94. The molecule has 27 rings (SSSR count). The van der Waals surface area contributed by atoms with Gasteiger partial charge in [0, 0.05) is 123 Å². The van der Waals surface area contributed by atoms with Crippen LogP contribution in [-0.2, 0) is 0 Å². The minimum absolute atomic E-state index is 0.850. The predicted octanol–water partition coefficient (Wildman–Crippen LogP) is 37.8. The number of rotatable bonds is 17. The van der Waals surface area contributed by atoms with Gasteiger partial charge in [0.15, 0.2) is 11.2 Å². The number of para-hydroxylation sites is 8. The van der Waals surface area contributed by atoms with Crippen LogP contribution in [0.3, 0.4) is 0 Å². The quantitative estimate of drug-likeness (QED) is 0.0660. The van der Waals surface area contributed by atoms with Gasteiger partial charge < -0.3 is 37.3 Å². The van der Waals surface area contributed by atoms with Crippen LogP contribution < -0.4 is 24.8 Å². The highest BCUT2D eigenvalue weighted by Gasteiger charge is 2.29. The highest BCUT2D eigenvalue weighted by Crippen LogP contribution is 2.53. The lowest BCUT2D eigenvalue weighted by Crippen LogP contribution is -2.37. The van der Waals surface area contributed by atoms with Crippen molar-refractivity contribution in [2.24, 2.45) is 0 Å². The van der Waals surface area contributed by atoms with Gasteiger partial charge in [-0.15, -0.1) is 0 Å². The zero-order chi connectivity index (χ0) is 93.0. The molecular weight excluding hydrogens is 1720 g/mol. The average molecular weight is 1810 g/mol. The average Bonchev–Trinajstić information content (AvgIpc) is 1.54. The summed E-state index contributed by atoms with van der Waals surface area (Å²) >= 11 is 0. The van der Waals surface area contributed by atoms with Crippen molar-refractivity contribution < 1.29 is 17.7 Å². The Labute approximate surface area is 810 Å². The molecule has 0 aliphatic carbocycles. The molecule has 140 heavy (non-hydrogen) atoms. The topological polar surface area (TPSA) is 65.5 Å². The van der Waals surface area contributed by atoms with E-state index in [0.717, 1.165) is 222 Å². The molecular formula is C131H90N4O4Si. The fourth-order valence-corrected chi connectivity index (χ4v) is 22.5. The van der Waals surface area contributed by atoms with E-state index in [9.17, 15) is 0 Å². The Morgan fingerprint density at radius 3 is 0.943 bits per heavy atom. The molecule has 662 valence electrons. The zero-order valence-corrected chi connectivity index (χ0v) is 78.2. The lowest BCUT2D eigenvalue weighted by molar-refractivity contribution is 0.668. The van der Waals surface area contributed by atoms with Crippen molar-refractivity contribution in [3.8, 4) is 44.5 Å². The van der Waals surface area contributed by atoms with Crippen molar-refractivity contribution in [1.29, 1.82) is 0 Å². The first-order chi connectivity index (χ1) is 69.1. The zero-order valence-electron chi connectivity index (χ0n) is 77.2. The van der Waals surface area contributed by atoms with E-state index in [0.29, 0.717) is 0 Å². The monoisotopic (exact) mass is 1810 g/mol. The SMILES string of the molecule is C[Si](C)(C)c1ccc(N(c2ccccc2)c2ccc3c(c2)oc2c4ccc(-c5ccc(N(c6ccccc6-c6ccccc6)c6cccc7c6oc6ccccc67)cc5)cc4c4ccccc4c32)cc1.c1ccc(-c2ccccc2N(c2ccc(-c3ccc4c(c3)c3ccccc3c3c5ccc(N(c6ccccc6)c6ccc7ccccc7c6)cc5oc43)cc2)c2cccc3c2oc2ccccc23)cc1. The Bertz CT molecular complexity index is 9500. The number of anilines is 12. The van der Waals surface area contributed by atoms with Crippen LogP contribution in [0.4, 0.5) is 68.2 Å². The molecule has 0 spiro atoms. The number of hydrogen-bond donors (Lipinski definition) is 0. The Morgan fingerprint density at radius 1 is 0.164 bits per heavy atom. The van der Waals surface area contributed by atoms with Crippen molar-refractivity contribution in [3.05, 3.63) is 491 Å². The van der Waals surface area contributed by atoms with Gasteiger partial charge >= 0.3 is 0 Å². The summed E-state index contributed by atoms with van der Waals surface area (Å²) in [5.74, 6) is 0. The van der Waals surface area contributed by atoms with Gasteiger partial charge in [-0.2, -0.15) is 0 Å². The van der Waals surface area contributed by atoms with Crippen molar-refractivity contribution in [2.45, 2.75) is 19.6 Å². The molecule has 9 heteroatoms. The van der Waals surface area contributed by atoms with Gasteiger partial charge in [-0.1, -0.05) is 346 Å². The number of hydrogen-bond acceptors (Lipinski definition) is 8. The minimum atomic E-state index is -1.47. The Hall–Kier alpha value is -18.0. The highest BCUT2D eigenvalue weighted by atomic mass is 28.3. The highest BCUT2D eigenvalue weighted by molar-refractivity contribution is 6.88. The van der Waals surface area contributed by atoms with Gasteiger partial charge in [0.2, 0.25) is 0 Å². The van der Waals surface area contributed by atoms with E-state index in [1.165, 1.54) is 37.5 Å². The second-order valence-corrected chi connectivity index (χ2v) is 42.4. The maximum absolute atomic E-state index is 7.03. The van der Waals surface area contributed by atoms with Crippen LogP contribution in [0.2, 0.25) is 19.6 Å². The molecule has 0 saturated heterocycles. The summed E-state index contributed by atoms with van der Waals surface area (Å²) in [6.45, 7) is 7.18. The Balaban J connectivity index is 0.000000144. The van der Waals surface area contributed by atoms with E-state index < -0.39 is 8.07 Å². The number of nitrogens with zero attached hydrogens (tertiary/aromatic N) is 4. The third kappa shape index (κ3) is 14.4. The van der Waals surface area contributed by atoms with E-state index in [4.69, 9.17) is 17.7 Å². The minimum Gasteiger partial charge on any atom is -0.455 e. The van der Waals surface area contributed by atoms with Crippen LogP contribution in [-0.4, -0.2) is 8.07 Å². The molecule has 0 atom stereocenters. The van der Waals surface area contributed by atoms with E-state index in [1.54, 1.807) is 0 Å². The second-order valence-electron chi connectivity index (χ2n) is 37.3. The summed E-state index contributed by atoms with van der Waals surface area (Å²) < 4.78 is 27.4. The number of furan rings is 4. The van der Waals surface area contributed by atoms with Crippen molar-refractivity contribution >= 4 is 223 Å². The molecule has 8 nitrogen and oxygen atoms in total. The molecule has 27 aromatic rings. The number of fused-ring (bicyclic) bond motifs is 23. The van der Waals surface area contributed by atoms with Crippen LogP contribution in [0.25, 0.3) is 186 Å². The molecule has 0 saturated carbocycles. The molecule has 0 N–H and O–H groups in total. The van der Waals surface area contributed by atoms with Crippen molar-refractivity contribution in [2.75, 3.05) is 19.6 Å². The van der Waals surface area contributed by atoms with Crippen LogP contribution in [0.1, 0.15) is 0 Å². The number of benzene rings is 23. The standard InChI is InChI=1S/C66H42N2O2.C65H48N2O2Si/c1-3-17-45(18-4-1)52-22-11-13-27-60(52)68(61-28-15-26-56-54-24-12-14-29-62(54)69-65(56)61)49-34-30-44(31-35-49)47-33-38-57-59(41-47)53-23-9-10-25-55(53)64-58-39-37-51(42-63(58)70-66(57)64)67(48-20-5-2-6-21-48)50-36-32-43-16-7-8-19-46(43)40-50;1-70(2,3)50-37-34-47(35-38-50)66(46-19-8-5-9-20-46)49-36-40-57-62(42-49)69-65-56-39-31-45(41-58(56)52-22-10-11-24-54(52)63(57)65)43-29-32-48(33-30-43)67(59-26-14-12-21-51(59)44-17-6-4-7-18-44)60-27-16-25-55-53-23-13-15-28-61(53)68-64(55)60/h1-42H;4-42H,1-3H3. The molecule has 0 aliphatic heterocycles. The first-order valence-corrected chi connectivity index (χ1v) is 51.4. The Kier molecular flexibility index (Phi) is 20.1. The summed E-state index contributed by atoms with van der Waals surface area (Å²) in [5, 5.41) is 22.0. The van der Waals surface area contributed by atoms with Crippen LogP contribution in [0.5, 0.6) is 0 Å². The van der Waals surface area contributed by atoms with Gasteiger partial charge in [0.1, 0.15) is 33.5 Å². The Morgan fingerprint density at radius 2 is 0.479 bits per heavy atom. The third-order valence-corrected chi connectivity index (χ3v) is 30.1. The normalized spacial score (nSPS) is 11.8. The summed E-state index contributed by atoms with van der Waals surface area (Å²) in [5.41, 5.74) is 28.7. The van der Waals surface area contributed by atoms with Crippen LogP contribution >= 0.6 is 0 Å². The first-order valence-electron chi connectivity index (χ1n) is 47.9. The fourth-order valence-electron chi connectivity index (χ4n) is 21.3. The molecule has 0 radical (unpaired) electrons. The van der Waals surface area contributed by atoms with Gasteiger partial charge in [-0.25, -0.2) is 0 Å². The van der Waals surface area contributed by atoms with E-state index in [2.05, 4.69) is 506 Å². The largest absolute Gasteiger partial charge is 0.455 e. The first kappa shape index (κ1) is 82.6. The van der Waals surface area contributed by atoms with Gasteiger partial charge in [-0.3, -0.25) is 0 Å². The molecule has 0 fully saturated rings. The molecule has 4 aromatic heterocycles. The molecule has 4 heterocycles. The second kappa shape index (κ2) is 34.1. The van der Waals surface area contributed by atoms with E-state index >= 15 is 0 Å². The van der Waals surface area contributed by atoms with Gasteiger partial charge in [-0.05, 0) is 234 Å². The predicted molar refractivity (Wildman–Crippen MR) is 593 cm³/mol. The van der Waals surface area contributed by atoms with Gasteiger partial charge in [0.05, 0.1) is 30.8 Å². The smallest absolute Gasteiger partial charge is 0.159 e. The summed E-state index contributed by atoms with van der Waals surface area (Å²) in [6, 6.07) is 176. The maximum Gasteiger partial charge on any atom is 0.159 e. The van der Waals surface area contributed by atoms with Gasteiger partial charge in [0.25, 0.3) is 0 Å². The summed E-state index contributed by atoms with van der Waals surface area (Å²) in [6.07, 6.45) is 0. The third-order valence-electron chi connectivity index (χ3n) is 28.0. The molecule has 23 aromatic carbocycles. The maximum atomic E-state index is 7.03. The lowest BCUT2D eigenvalue weighted by Gasteiger charge is -2.28. The van der Waals surface area contributed by atoms with Crippen molar-refractivity contribution in [1.82, 2.24) is 0 Å². The molecule has 0 aliphatic rings. The fraction of sp³-hybridized carbons (Fsp3) is 0.0229. The van der Waals surface area contributed by atoms with Crippen LogP contribution in [0.15, 0.2) is 509 Å².